The molecular weight excluding hydrogens is 338 g/mol. The van der Waals surface area contributed by atoms with Gasteiger partial charge in [0.2, 0.25) is 0 Å². The molecule has 0 aliphatic carbocycles. The normalized spacial score (nSPS) is 12.6. The maximum atomic E-state index is 6.20. The summed E-state index contributed by atoms with van der Waals surface area (Å²) >= 11 is 9.64. The Kier molecular flexibility index (Phi) is 5.64. The van der Waals surface area contributed by atoms with Gasteiger partial charge in [-0.1, -0.05) is 24.6 Å². The first-order valence-electron chi connectivity index (χ1n) is 6.77. The van der Waals surface area contributed by atoms with Gasteiger partial charge in [-0.25, -0.2) is 0 Å². The lowest BCUT2D eigenvalue weighted by molar-refractivity contribution is 0.521. The third-order valence-electron chi connectivity index (χ3n) is 3.17. The predicted octanol–water partition coefficient (Wildman–Crippen LogP) is 4.12. The van der Waals surface area contributed by atoms with E-state index in [9.17, 15) is 0 Å². The van der Waals surface area contributed by atoms with Gasteiger partial charge in [-0.2, -0.15) is 5.10 Å². The van der Waals surface area contributed by atoms with E-state index in [1.54, 1.807) is 0 Å². The van der Waals surface area contributed by atoms with Crippen LogP contribution in [-0.4, -0.2) is 16.3 Å². The Hall–Kier alpha value is -0.840. The molecule has 0 bridgehead atoms. The molecule has 108 valence electrons. The zero-order chi connectivity index (χ0) is 14.5. The largest absolute Gasteiger partial charge is 0.310 e. The topological polar surface area (TPSA) is 29.9 Å². The van der Waals surface area contributed by atoms with Crippen molar-refractivity contribution >= 4 is 27.5 Å². The highest BCUT2D eigenvalue weighted by molar-refractivity contribution is 9.10. The Labute approximate surface area is 133 Å². The molecule has 0 amide bonds. The number of benzene rings is 1. The molecule has 2 rings (SSSR count). The van der Waals surface area contributed by atoms with E-state index in [2.05, 4.69) is 45.4 Å². The molecular formula is C15H19BrClN3. The van der Waals surface area contributed by atoms with Crippen molar-refractivity contribution in [1.29, 1.82) is 0 Å². The van der Waals surface area contributed by atoms with Gasteiger partial charge in [0.1, 0.15) is 0 Å². The van der Waals surface area contributed by atoms with Crippen LogP contribution >= 0.6 is 27.5 Å². The molecule has 5 heteroatoms. The first-order chi connectivity index (χ1) is 9.60. The number of halogens is 2. The van der Waals surface area contributed by atoms with E-state index in [1.807, 2.05) is 30.1 Å². The van der Waals surface area contributed by atoms with Crippen molar-refractivity contribution in [2.24, 2.45) is 7.05 Å². The standard InChI is InChI=1S/C15H19BrClN3/c1-3-7-18-15(10-12-6-8-20(2)19-12)11-4-5-13(16)14(17)9-11/h4-6,8-9,15,18H,3,7,10H2,1-2H3. The quantitative estimate of drug-likeness (QED) is 0.844. The van der Waals surface area contributed by atoms with Crippen molar-refractivity contribution < 1.29 is 0 Å². The summed E-state index contributed by atoms with van der Waals surface area (Å²) in [5.74, 6) is 0. The fourth-order valence-electron chi connectivity index (χ4n) is 2.14. The van der Waals surface area contributed by atoms with Crippen LogP contribution in [0.2, 0.25) is 5.02 Å². The zero-order valence-electron chi connectivity index (χ0n) is 11.7. The van der Waals surface area contributed by atoms with E-state index in [4.69, 9.17) is 11.6 Å². The molecule has 0 saturated heterocycles. The number of rotatable bonds is 6. The summed E-state index contributed by atoms with van der Waals surface area (Å²) in [5.41, 5.74) is 2.28. The van der Waals surface area contributed by atoms with Gasteiger partial charge < -0.3 is 5.32 Å². The zero-order valence-corrected chi connectivity index (χ0v) is 14.1. The monoisotopic (exact) mass is 355 g/mol. The Morgan fingerprint density at radius 3 is 2.80 bits per heavy atom. The molecule has 1 N–H and O–H groups in total. The molecule has 0 saturated carbocycles. The number of hydrogen-bond acceptors (Lipinski definition) is 2. The highest BCUT2D eigenvalue weighted by Crippen LogP contribution is 2.27. The first kappa shape index (κ1) is 15.5. The van der Waals surface area contributed by atoms with Crippen LogP contribution in [0.15, 0.2) is 34.9 Å². The average molecular weight is 357 g/mol. The van der Waals surface area contributed by atoms with Gasteiger partial charge in [-0.3, -0.25) is 4.68 Å². The van der Waals surface area contributed by atoms with Crippen LogP contribution in [0, 0.1) is 0 Å². The summed E-state index contributed by atoms with van der Waals surface area (Å²) < 4.78 is 2.76. The molecule has 1 atom stereocenters. The maximum Gasteiger partial charge on any atom is 0.0643 e. The number of nitrogens with one attached hydrogen (secondary N) is 1. The highest BCUT2D eigenvalue weighted by Gasteiger charge is 2.14. The van der Waals surface area contributed by atoms with Crippen LogP contribution in [0.4, 0.5) is 0 Å². The summed E-state index contributed by atoms with van der Waals surface area (Å²) in [4.78, 5) is 0. The molecule has 1 unspecified atom stereocenters. The Bertz CT molecular complexity index is 568. The molecule has 0 aliphatic heterocycles. The highest BCUT2D eigenvalue weighted by atomic mass is 79.9. The summed E-state index contributed by atoms with van der Waals surface area (Å²) in [7, 11) is 1.94. The Balaban J connectivity index is 2.19. The molecule has 0 spiro atoms. The summed E-state index contributed by atoms with van der Waals surface area (Å²) in [6.45, 7) is 3.14. The smallest absolute Gasteiger partial charge is 0.0643 e. The molecule has 0 fully saturated rings. The average Bonchev–Trinajstić information content (AvgIpc) is 2.83. The third kappa shape index (κ3) is 4.08. The summed E-state index contributed by atoms with van der Waals surface area (Å²) in [6.07, 6.45) is 3.93. The molecule has 20 heavy (non-hydrogen) atoms. The van der Waals surface area contributed by atoms with Crippen molar-refractivity contribution in [3.63, 3.8) is 0 Å². The second-order valence-electron chi connectivity index (χ2n) is 4.87. The van der Waals surface area contributed by atoms with E-state index in [-0.39, 0.29) is 6.04 Å². The fraction of sp³-hybridized carbons (Fsp3) is 0.400. The number of aromatic nitrogens is 2. The minimum Gasteiger partial charge on any atom is -0.310 e. The van der Waals surface area contributed by atoms with Crippen LogP contribution in [0.1, 0.15) is 30.6 Å². The van der Waals surface area contributed by atoms with Gasteiger partial charge in [0, 0.05) is 30.2 Å². The van der Waals surface area contributed by atoms with Crippen LogP contribution in [0.3, 0.4) is 0 Å². The minimum absolute atomic E-state index is 0.232. The Morgan fingerprint density at radius 1 is 1.40 bits per heavy atom. The SMILES string of the molecule is CCCNC(Cc1ccn(C)n1)c1ccc(Br)c(Cl)c1. The summed E-state index contributed by atoms with van der Waals surface area (Å²) in [5, 5.41) is 8.77. The first-order valence-corrected chi connectivity index (χ1v) is 7.94. The lowest BCUT2D eigenvalue weighted by atomic mass is 10.0. The van der Waals surface area contributed by atoms with Crippen molar-refractivity contribution in [3.05, 3.63) is 51.2 Å². The molecule has 1 heterocycles. The number of nitrogens with zero attached hydrogens (tertiary/aromatic N) is 2. The second kappa shape index (κ2) is 7.25. The third-order valence-corrected chi connectivity index (χ3v) is 4.40. The van der Waals surface area contributed by atoms with Crippen LogP contribution in [-0.2, 0) is 13.5 Å². The second-order valence-corrected chi connectivity index (χ2v) is 6.13. The van der Waals surface area contributed by atoms with E-state index in [1.165, 1.54) is 5.56 Å². The van der Waals surface area contributed by atoms with E-state index >= 15 is 0 Å². The van der Waals surface area contributed by atoms with Crippen LogP contribution < -0.4 is 5.32 Å². The molecule has 0 aliphatic rings. The van der Waals surface area contributed by atoms with Crippen LogP contribution in [0.5, 0.6) is 0 Å². The lowest BCUT2D eigenvalue weighted by Crippen LogP contribution is -2.24. The fourth-order valence-corrected chi connectivity index (χ4v) is 2.57. The Morgan fingerprint density at radius 2 is 2.20 bits per heavy atom. The summed E-state index contributed by atoms with van der Waals surface area (Å²) in [6, 6.07) is 8.40. The van der Waals surface area contributed by atoms with Gasteiger partial charge in [-0.15, -0.1) is 0 Å². The predicted molar refractivity (Wildman–Crippen MR) is 87.1 cm³/mol. The van der Waals surface area contributed by atoms with Crippen LogP contribution in [0.25, 0.3) is 0 Å². The van der Waals surface area contributed by atoms with Crippen molar-refractivity contribution in [2.75, 3.05) is 6.54 Å². The van der Waals surface area contributed by atoms with Gasteiger partial charge in [0.25, 0.3) is 0 Å². The van der Waals surface area contributed by atoms with Gasteiger partial charge in [0.15, 0.2) is 0 Å². The van der Waals surface area contributed by atoms with Crippen molar-refractivity contribution in [3.8, 4) is 0 Å². The molecule has 3 nitrogen and oxygen atoms in total. The maximum absolute atomic E-state index is 6.20. The van der Waals surface area contributed by atoms with Crippen molar-refractivity contribution in [1.82, 2.24) is 15.1 Å². The number of aryl methyl sites for hydroxylation is 1. The van der Waals surface area contributed by atoms with E-state index in [0.29, 0.717) is 0 Å². The number of hydrogen-bond donors (Lipinski definition) is 1. The van der Waals surface area contributed by atoms with Crippen molar-refractivity contribution in [2.45, 2.75) is 25.8 Å². The van der Waals surface area contributed by atoms with E-state index in [0.717, 1.165) is 34.6 Å². The van der Waals surface area contributed by atoms with Gasteiger partial charge >= 0.3 is 0 Å². The van der Waals surface area contributed by atoms with Gasteiger partial charge in [-0.05, 0) is 52.7 Å². The minimum atomic E-state index is 0.232. The molecule has 2 aromatic rings. The van der Waals surface area contributed by atoms with E-state index < -0.39 is 0 Å². The molecule has 1 aromatic carbocycles. The molecule has 0 radical (unpaired) electrons. The lowest BCUT2D eigenvalue weighted by Gasteiger charge is -2.18. The molecule has 1 aromatic heterocycles. The van der Waals surface area contributed by atoms with Gasteiger partial charge in [0.05, 0.1) is 10.7 Å².